The Balaban J connectivity index is 1.94. The molecule has 0 spiro atoms. The van der Waals surface area contributed by atoms with Crippen molar-refractivity contribution < 1.29 is 17.9 Å². The number of hydrogen-bond acceptors (Lipinski definition) is 4. The van der Waals surface area contributed by atoms with Crippen molar-refractivity contribution >= 4 is 10.0 Å². The Morgan fingerprint density at radius 1 is 1.25 bits per heavy atom. The van der Waals surface area contributed by atoms with E-state index in [1.54, 1.807) is 6.92 Å². The molecule has 6 heteroatoms. The number of nitrogens with one attached hydrogen (secondary N) is 1. The average molecular weight is 299 g/mol. The summed E-state index contributed by atoms with van der Waals surface area (Å²) in [5.41, 5.74) is 1.13. The minimum atomic E-state index is -3.11. The molecule has 1 atom stereocenters. The predicted molar refractivity (Wildman–Crippen MR) is 77.9 cm³/mol. The van der Waals surface area contributed by atoms with Crippen LogP contribution in [0.4, 0.5) is 0 Å². The van der Waals surface area contributed by atoms with Crippen LogP contribution < -0.4 is 14.2 Å². The van der Waals surface area contributed by atoms with Crippen molar-refractivity contribution in [3.8, 4) is 11.5 Å². The smallest absolute Gasteiger partial charge is 0.211 e. The Hall–Kier alpha value is -1.27. The quantitative estimate of drug-likeness (QED) is 0.871. The van der Waals surface area contributed by atoms with Crippen LogP contribution in [0.15, 0.2) is 18.2 Å². The zero-order chi connectivity index (χ0) is 14.6. The van der Waals surface area contributed by atoms with Gasteiger partial charge >= 0.3 is 0 Å². The molecule has 20 heavy (non-hydrogen) atoms. The maximum Gasteiger partial charge on any atom is 0.211 e. The van der Waals surface area contributed by atoms with Crippen molar-refractivity contribution in [3.05, 3.63) is 23.8 Å². The monoisotopic (exact) mass is 299 g/mol. The molecule has 0 fully saturated rings. The fourth-order valence-corrected chi connectivity index (χ4v) is 2.70. The first-order valence-corrected chi connectivity index (χ1v) is 8.54. The number of hydrogen-bond donors (Lipinski definition) is 1. The largest absolute Gasteiger partial charge is 0.486 e. The first kappa shape index (κ1) is 15.1. The van der Waals surface area contributed by atoms with Crippen molar-refractivity contribution in [2.45, 2.75) is 26.2 Å². The van der Waals surface area contributed by atoms with Crippen LogP contribution in [0.25, 0.3) is 0 Å². The van der Waals surface area contributed by atoms with E-state index in [-0.39, 0.29) is 11.7 Å². The third-order valence-electron chi connectivity index (χ3n) is 3.41. The van der Waals surface area contributed by atoms with Crippen LogP contribution >= 0.6 is 0 Å². The van der Waals surface area contributed by atoms with E-state index in [1.807, 2.05) is 18.2 Å². The van der Waals surface area contributed by atoms with Crippen LogP contribution in [0, 0.1) is 0 Å². The first-order chi connectivity index (χ1) is 9.52. The van der Waals surface area contributed by atoms with Gasteiger partial charge in [-0.1, -0.05) is 13.0 Å². The van der Waals surface area contributed by atoms with Crippen LogP contribution in [0.3, 0.4) is 0 Å². The Labute approximate surface area is 120 Å². The van der Waals surface area contributed by atoms with Gasteiger partial charge in [0.15, 0.2) is 11.5 Å². The standard InChI is InChI=1S/C14H21NO4S/c1-3-20(16,17)15-7-6-11(2)12-4-5-13-14(10-12)19-9-8-18-13/h4-5,10-11,15H,3,6-9H2,1-2H3. The number of ether oxygens (including phenoxy) is 2. The molecule has 0 radical (unpaired) electrons. The van der Waals surface area contributed by atoms with Crippen LogP contribution in [-0.2, 0) is 10.0 Å². The lowest BCUT2D eigenvalue weighted by molar-refractivity contribution is 0.171. The van der Waals surface area contributed by atoms with Crippen molar-refractivity contribution in [2.24, 2.45) is 0 Å². The van der Waals surface area contributed by atoms with Gasteiger partial charge < -0.3 is 9.47 Å². The fraction of sp³-hybridized carbons (Fsp3) is 0.571. The molecule has 0 aromatic heterocycles. The molecule has 0 amide bonds. The van der Waals surface area contributed by atoms with E-state index in [0.29, 0.717) is 19.8 Å². The van der Waals surface area contributed by atoms with Gasteiger partial charge in [-0.05, 0) is 37.0 Å². The molecule has 1 aliphatic rings. The van der Waals surface area contributed by atoms with Crippen molar-refractivity contribution in [1.29, 1.82) is 0 Å². The maximum atomic E-state index is 11.4. The normalized spacial score (nSPS) is 15.9. The molecule has 1 aromatic carbocycles. The Kier molecular flexibility index (Phi) is 4.88. The van der Waals surface area contributed by atoms with Gasteiger partial charge in [-0.25, -0.2) is 13.1 Å². The van der Waals surface area contributed by atoms with Gasteiger partial charge in [-0.2, -0.15) is 0 Å². The third-order valence-corrected chi connectivity index (χ3v) is 4.82. The van der Waals surface area contributed by atoms with E-state index in [1.165, 1.54) is 0 Å². The Morgan fingerprint density at radius 3 is 2.65 bits per heavy atom. The Bertz CT molecular complexity index is 556. The number of rotatable bonds is 6. The van der Waals surface area contributed by atoms with Crippen molar-refractivity contribution in [2.75, 3.05) is 25.5 Å². The maximum absolute atomic E-state index is 11.4. The summed E-state index contributed by atoms with van der Waals surface area (Å²) < 4.78 is 36.3. The second-order valence-electron chi connectivity index (χ2n) is 4.89. The van der Waals surface area contributed by atoms with Crippen LogP contribution in [0.1, 0.15) is 31.7 Å². The van der Waals surface area contributed by atoms with Gasteiger partial charge in [0.25, 0.3) is 0 Å². The highest BCUT2D eigenvalue weighted by molar-refractivity contribution is 7.89. The van der Waals surface area contributed by atoms with E-state index >= 15 is 0 Å². The molecule has 0 bridgehead atoms. The molecule has 1 aromatic rings. The zero-order valence-corrected chi connectivity index (χ0v) is 12.7. The van der Waals surface area contributed by atoms with Crippen molar-refractivity contribution in [3.63, 3.8) is 0 Å². The molecule has 1 unspecified atom stereocenters. The lowest BCUT2D eigenvalue weighted by Crippen LogP contribution is -2.27. The first-order valence-electron chi connectivity index (χ1n) is 6.88. The molecule has 2 rings (SSSR count). The average Bonchev–Trinajstić information content (AvgIpc) is 2.46. The number of benzene rings is 1. The lowest BCUT2D eigenvalue weighted by Gasteiger charge is -2.20. The topological polar surface area (TPSA) is 64.6 Å². The molecule has 112 valence electrons. The highest BCUT2D eigenvalue weighted by Gasteiger charge is 2.15. The third kappa shape index (κ3) is 3.86. The molecule has 1 heterocycles. The van der Waals surface area contributed by atoms with Crippen LogP contribution in [-0.4, -0.2) is 33.9 Å². The molecule has 1 N–H and O–H groups in total. The molecule has 5 nitrogen and oxygen atoms in total. The predicted octanol–water partition coefficient (Wildman–Crippen LogP) is 1.89. The van der Waals surface area contributed by atoms with E-state index < -0.39 is 10.0 Å². The summed E-state index contributed by atoms with van der Waals surface area (Å²) in [4.78, 5) is 0. The van der Waals surface area contributed by atoms with Gasteiger partial charge in [0.05, 0.1) is 5.75 Å². The molecular formula is C14H21NO4S. The number of sulfonamides is 1. The summed E-state index contributed by atoms with van der Waals surface area (Å²) in [6.07, 6.45) is 0.749. The SMILES string of the molecule is CCS(=O)(=O)NCCC(C)c1ccc2c(c1)OCCO2. The summed E-state index contributed by atoms with van der Waals surface area (Å²) >= 11 is 0. The zero-order valence-electron chi connectivity index (χ0n) is 11.9. The Morgan fingerprint density at radius 2 is 1.95 bits per heavy atom. The summed E-state index contributed by atoms with van der Waals surface area (Å²) in [5.74, 6) is 1.92. The lowest BCUT2D eigenvalue weighted by atomic mass is 9.97. The summed E-state index contributed by atoms with van der Waals surface area (Å²) in [6, 6.07) is 5.90. The van der Waals surface area contributed by atoms with Gasteiger partial charge in [-0.3, -0.25) is 0 Å². The van der Waals surface area contributed by atoms with Gasteiger partial charge in [0, 0.05) is 6.54 Å². The van der Waals surface area contributed by atoms with Crippen LogP contribution in [0.2, 0.25) is 0 Å². The highest BCUT2D eigenvalue weighted by Crippen LogP contribution is 2.33. The summed E-state index contributed by atoms with van der Waals surface area (Å²) in [6.45, 7) is 5.31. The van der Waals surface area contributed by atoms with Gasteiger partial charge in [0.2, 0.25) is 10.0 Å². The minimum absolute atomic E-state index is 0.116. The van der Waals surface area contributed by atoms with E-state index in [4.69, 9.17) is 9.47 Å². The van der Waals surface area contributed by atoms with Gasteiger partial charge in [0.1, 0.15) is 13.2 Å². The van der Waals surface area contributed by atoms with Crippen LogP contribution in [0.5, 0.6) is 11.5 Å². The summed E-state index contributed by atoms with van der Waals surface area (Å²) in [5, 5.41) is 0. The molecule has 0 aliphatic carbocycles. The number of fused-ring (bicyclic) bond motifs is 1. The second-order valence-corrected chi connectivity index (χ2v) is 6.99. The van der Waals surface area contributed by atoms with E-state index in [2.05, 4.69) is 11.6 Å². The van der Waals surface area contributed by atoms with Crippen molar-refractivity contribution in [1.82, 2.24) is 4.72 Å². The van der Waals surface area contributed by atoms with E-state index in [9.17, 15) is 8.42 Å². The highest BCUT2D eigenvalue weighted by atomic mass is 32.2. The molecule has 1 aliphatic heterocycles. The van der Waals surface area contributed by atoms with Gasteiger partial charge in [-0.15, -0.1) is 0 Å². The fourth-order valence-electron chi connectivity index (χ4n) is 2.07. The second kappa shape index (κ2) is 6.45. The summed E-state index contributed by atoms with van der Waals surface area (Å²) in [7, 11) is -3.11. The molecular weight excluding hydrogens is 278 g/mol. The molecule has 0 saturated heterocycles. The van der Waals surface area contributed by atoms with E-state index in [0.717, 1.165) is 23.5 Å². The minimum Gasteiger partial charge on any atom is -0.486 e. The molecule has 0 saturated carbocycles.